The number of halogens is 2. The van der Waals surface area contributed by atoms with Gasteiger partial charge in [0.15, 0.2) is 0 Å². The largest absolute Gasteiger partial charge is 0.497 e. The Morgan fingerprint density at radius 1 is 1.06 bits per heavy atom. The molecule has 0 amide bonds. The van der Waals surface area contributed by atoms with Crippen molar-refractivity contribution in [2.45, 2.75) is 0 Å². The van der Waals surface area contributed by atoms with Crippen molar-refractivity contribution in [1.82, 2.24) is 0 Å². The van der Waals surface area contributed by atoms with Gasteiger partial charge in [0.2, 0.25) is 0 Å². The summed E-state index contributed by atoms with van der Waals surface area (Å²) in [5.74, 6) is 0.762. The number of nitrogen functional groups attached to an aromatic ring is 1. The van der Waals surface area contributed by atoms with Crippen LogP contribution in [0.4, 0.5) is 17.1 Å². The highest BCUT2D eigenvalue weighted by Crippen LogP contribution is 2.32. The normalized spacial score (nSPS) is 10.2. The van der Waals surface area contributed by atoms with Gasteiger partial charge in [-0.25, -0.2) is 0 Å². The number of hydrogen-bond donors (Lipinski definition) is 2. The van der Waals surface area contributed by atoms with Crippen molar-refractivity contribution in [2.75, 3.05) is 18.2 Å². The van der Waals surface area contributed by atoms with E-state index >= 15 is 0 Å². The third-order valence-electron chi connectivity index (χ3n) is 2.46. The molecule has 0 heterocycles. The first-order valence-corrected chi connectivity index (χ1v) is 6.84. The van der Waals surface area contributed by atoms with E-state index < -0.39 is 0 Å². The maximum Gasteiger partial charge on any atom is 0.121 e. The van der Waals surface area contributed by atoms with Gasteiger partial charge in [0.05, 0.1) is 24.2 Å². The van der Waals surface area contributed by atoms with Gasteiger partial charge in [0.25, 0.3) is 0 Å². The number of ether oxygens (including phenoxy) is 1. The van der Waals surface area contributed by atoms with Crippen molar-refractivity contribution in [3.05, 3.63) is 45.3 Å². The summed E-state index contributed by atoms with van der Waals surface area (Å²) in [5, 5.41) is 3.27. The number of nitrogens with one attached hydrogen (secondary N) is 1. The average Bonchev–Trinajstić information content (AvgIpc) is 2.36. The van der Waals surface area contributed by atoms with E-state index in [-0.39, 0.29) is 0 Å². The molecule has 3 N–H and O–H groups in total. The van der Waals surface area contributed by atoms with Crippen molar-refractivity contribution >= 4 is 48.9 Å². The number of anilines is 3. The molecule has 0 aliphatic rings. The van der Waals surface area contributed by atoms with Gasteiger partial charge in [-0.1, -0.05) is 15.9 Å². The molecule has 0 aliphatic heterocycles. The SMILES string of the molecule is COc1ccc(N)c(Nc2cc(Br)ccc2Br)c1. The molecule has 0 saturated carbocycles. The smallest absolute Gasteiger partial charge is 0.121 e. The van der Waals surface area contributed by atoms with Gasteiger partial charge < -0.3 is 15.8 Å². The third-order valence-corrected chi connectivity index (χ3v) is 3.64. The summed E-state index contributed by atoms with van der Waals surface area (Å²) < 4.78 is 7.15. The van der Waals surface area contributed by atoms with Crippen LogP contribution in [0.5, 0.6) is 5.75 Å². The van der Waals surface area contributed by atoms with Crippen LogP contribution in [-0.4, -0.2) is 7.11 Å². The van der Waals surface area contributed by atoms with Gasteiger partial charge in [-0.3, -0.25) is 0 Å². The minimum atomic E-state index is 0.669. The van der Waals surface area contributed by atoms with Crippen molar-refractivity contribution in [3.63, 3.8) is 0 Å². The molecule has 0 spiro atoms. The van der Waals surface area contributed by atoms with Crippen LogP contribution in [0.3, 0.4) is 0 Å². The lowest BCUT2D eigenvalue weighted by atomic mass is 10.2. The molecular formula is C13H12Br2N2O. The van der Waals surface area contributed by atoms with E-state index in [0.717, 1.165) is 26.1 Å². The predicted molar refractivity (Wildman–Crippen MR) is 82.5 cm³/mol. The summed E-state index contributed by atoms with van der Waals surface area (Å²) in [6.07, 6.45) is 0. The second kappa shape index (κ2) is 5.63. The molecule has 0 radical (unpaired) electrons. The Kier molecular flexibility index (Phi) is 4.14. The lowest BCUT2D eigenvalue weighted by Crippen LogP contribution is -1.97. The molecule has 0 saturated heterocycles. The fraction of sp³-hybridized carbons (Fsp3) is 0.0769. The first-order valence-electron chi connectivity index (χ1n) is 5.26. The minimum Gasteiger partial charge on any atom is -0.497 e. The number of rotatable bonds is 3. The quantitative estimate of drug-likeness (QED) is 0.778. The Morgan fingerprint density at radius 2 is 1.83 bits per heavy atom. The zero-order valence-corrected chi connectivity index (χ0v) is 12.9. The second-order valence-electron chi connectivity index (χ2n) is 3.70. The molecule has 94 valence electrons. The van der Waals surface area contributed by atoms with E-state index in [1.807, 2.05) is 36.4 Å². The van der Waals surface area contributed by atoms with Crippen LogP contribution in [0.2, 0.25) is 0 Å². The van der Waals surface area contributed by atoms with Crippen LogP contribution < -0.4 is 15.8 Å². The summed E-state index contributed by atoms with van der Waals surface area (Å²) in [4.78, 5) is 0. The Hall–Kier alpha value is -1.20. The highest BCUT2D eigenvalue weighted by atomic mass is 79.9. The third kappa shape index (κ3) is 2.97. The second-order valence-corrected chi connectivity index (χ2v) is 5.47. The Morgan fingerprint density at radius 3 is 2.56 bits per heavy atom. The molecule has 18 heavy (non-hydrogen) atoms. The molecule has 0 unspecified atom stereocenters. The average molecular weight is 372 g/mol. The van der Waals surface area contributed by atoms with E-state index in [1.54, 1.807) is 7.11 Å². The van der Waals surface area contributed by atoms with Crippen molar-refractivity contribution in [2.24, 2.45) is 0 Å². The minimum absolute atomic E-state index is 0.669. The van der Waals surface area contributed by atoms with Crippen molar-refractivity contribution in [3.8, 4) is 5.75 Å². The summed E-state index contributed by atoms with van der Waals surface area (Å²) in [7, 11) is 1.63. The van der Waals surface area contributed by atoms with Gasteiger partial charge in [-0.2, -0.15) is 0 Å². The van der Waals surface area contributed by atoms with E-state index in [1.165, 1.54) is 0 Å². The molecule has 0 aliphatic carbocycles. The van der Waals surface area contributed by atoms with Crippen LogP contribution in [0.25, 0.3) is 0 Å². The van der Waals surface area contributed by atoms with Crippen LogP contribution in [0.15, 0.2) is 45.3 Å². The lowest BCUT2D eigenvalue weighted by molar-refractivity contribution is 0.415. The lowest BCUT2D eigenvalue weighted by Gasteiger charge is -2.12. The van der Waals surface area contributed by atoms with Gasteiger partial charge in [-0.05, 0) is 46.3 Å². The topological polar surface area (TPSA) is 47.3 Å². The summed E-state index contributed by atoms with van der Waals surface area (Å²) in [6, 6.07) is 11.4. The van der Waals surface area contributed by atoms with Crippen molar-refractivity contribution in [1.29, 1.82) is 0 Å². The van der Waals surface area contributed by atoms with Crippen molar-refractivity contribution < 1.29 is 4.74 Å². The molecule has 3 nitrogen and oxygen atoms in total. The fourth-order valence-corrected chi connectivity index (χ4v) is 2.22. The Bertz CT molecular complexity index is 573. The van der Waals surface area contributed by atoms with Gasteiger partial charge >= 0.3 is 0 Å². The summed E-state index contributed by atoms with van der Waals surface area (Å²) in [6.45, 7) is 0. The van der Waals surface area contributed by atoms with Gasteiger partial charge in [0.1, 0.15) is 5.75 Å². The van der Waals surface area contributed by atoms with Gasteiger partial charge in [-0.15, -0.1) is 0 Å². The zero-order chi connectivity index (χ0) is 13.1. The number of hydrogen-bond acceptors (Lipinski definition) is 3. The van der Waals surface area contributed by atoms with Crippen LogP contribution in [-0.2, 0) is 0 Å². The highest BCUT2D eigenvalue weighted by molar-refractivity contribution is 9.11. The molecule has 2 aromatic carbocycles. The van der Waals surface area contributed by atoms with E-state index in [2.05, 4.69) is 37.2 Å². The molecule has 0 fully saturated rings. The number of benzene rings is 2. The monoisotopic (exact) mass is 370 g/mol. The first kappa shape index (κ1) is 13.2. The van der Waals surface area contributed by atoms with E-state index in [0.29, 0.717) is 5.69 Å². The molecule has 2 rings (SSSR count). The molecule has 0 aromatic heterocycles. The maximum absolute atomic E-state index is 5.94. The van der Waals surface area contributed by atoms with Crippen LogP contribution in [0, 0.1) is 0 Å². The van der Waals surface area contributed by atoms with Crippen LogP contribution in [0.1, 0.15) is 0 Å². The molecular weight excluding hydrogens is 360 g/mol. The van der Waals surface area contributed by atoms with Gasteiger partial charge in [0, 0.05) is 15.0 Å². The summed E-state index contributed by atoms with van der Waals surface area (Å²) in [5.41, 5.74) is 8.35. The first-order chi connectivity index (χ1) is 8.60. The highest BCUT2D eigenvalue weighted by Gasteiger charge is 2.05. The standard InChI is InChI=1S/C13H12Br2N2O/c1-18-9-3-5-11(16)13(7-9)17-12-6-8(14)2-4-10(12)15/h2-7,17H,16H2,1H3. The predicted octanol–water partition coefficient (Wildman–Crippen LogP) is 4.55. The molecule has 5 heteroatoms. The Balaban J connectivity index is 2.36. The number of nitrogens with two attached hydrogens (primary N) is 1. The number of methoxy groups -OCH3 is 1. The Labute approximate surface area is 123 Å². The molecule has 0 atom stereocenters. The molecule has 0 bridgehead atoms. The molecule has 2 aromatic rings. The fourth-order valence-electron chi connectivity index (χ4n) is 1.51. The maximum atomic E-state index is 5.94. The van der Waals surface area contributed by atoms with E-state index in [9.17, 15) is 0 Å². The van der Waals surface area contributed by atoms with Crippen LogP contribution >= 0.6 is 31.9 Å². The van der Waals surface area contributed by atoms with E-state index in [4.69, 9.17) is 10.5 Å². The zero-order valence-electron chi connectivity index (χ0n) is 9.71. The summed E-state index contributed by atoms with van der Waals surface area (Å²) >= 11 is 6.93.